The minimum atomic E-state index is -0.549. The molecule has 0 radical (unpaired) electrons. The van der Waals surface area contributed by atoms with Crippen LogP contribution in [0.4, 0.5) is 0 Å². The second kappa shape index (κ2) is 6.83. The SMILES string of the molecule is O=C(OCC(=O)N1CCC(c2ccccc2)=N1)c1ccncc1. The molecule has 116 valence electrons. The normalized spacial score (nSPS) is 13.6. The first-order chi connectivity index (χ1) is 11.2. The lowest BCUT2D eigenvalue weighted by Crippen LogP contribution is -2.28. The third-order valence-electron chi connectivity index (χ3n) is 3.44. The molecular weight excluding hydrogens is 294 g/mol. The molecule has 6 heteroatoms. The summed E-state index contributed by atoms with van der Waals surface area (Å²) in [5, 5.41) is 5.66. The van der Waals surface area contributed by atoms with Crippen molar-refractivity contribution in [2.24, 2.45) is 5.10 Å². The molecule has 1 aromatic heterocycles. The molecule has 0 N–H and O–H groups in total. The smallest absolute Gasteiger partial charge is 0.338 e. The van der Waals surface area contributed by atoms with Crippen molar-refractivity contribution in [3.05, 3.63) is 66.0 Å². The van der Waals surface area contributed by atoms with E-state index in [0.717, 1.165) is 11.3 Å². The molecule has 1 amide bonds. The second-order valence-corrected chi connectivity index (χ2v) is 4.99. The molecule has 0 saturated heterocycles. The fourth-order valence-corrected chi connectivity index (χ4v) is 2.24. The first kappa shape index (κ1) is 14.9. The number of hydrogen-bond donors (Lipinski definition) is 0. The van der Waals surface area contributed by atoms with Gasteiger partial charge < -0.3 is 4.74 Å². The average molecular weight is 309 g/mol. The number of aromatic nitrogens is 1. The van der Waals surface area contributed by atoms with Crippen LogP contribution < -0.4 is 0 Å². The number of hydrazone groups is 1. The van der Waals surface area contributed by atoms with Crippen LogP contribution in [0.5, 0.6) is 0 Å². The van der Waals surface area contributed by atoms with Crippen LogP contribution in [0, 0.1) is 0 Å². The van der Waals surface area contributed by atoms with Gasteiger partial charge in [-0.2, -0.15) is 5.10 Å². The Bertz CT molecular complexity index is 729. The summed E-state index contributed by atoms with van der Waals surface area (Å²) in [6, 6.07) is 12.8. The number of ether oxygens (including phenoxy) is 1. The summed E-state index contributed by atoms with van der Waals surface area (Å²) in [5.74, 6) is -0.884. The molecule has 0 saturated carbocycles. The number of amides is 1. The maximum absolute atomic E-state index is 12.1. The Labute approximate surface area is 133 Å². The highest BCUT2D eigenvalue weighted by atomic mass is 16.5. The molecule has 3 rings (SSSR count). The molecule has 2 heterocycles. The van der Waals surface area contributed by atoms with E-state index in [4.69, 9.17) is 4.74 Å². The molecular formula is C17H15N3O3. The molecule has 1 aliphatic rings. The third-order valence-corrected chi connectivity index (χ3v) is 3.44. The lowest BCUT2D eigenvalue weighted by molar-refractivity contribution is -0.134. The summed E-state index contributed by atoms with van der Waals surface area (Å²) in [6.45, 7) is 0.169. The van der Waals surface area contributed by atoms with E-state index < -0.39 is 5.97 Å². The zero-order valence-corrected chi connectivity index (χ0v) is 12.4. The van der Waals surface area contributed by atoms with E-state index in [1.165, 1.54) is 29.5 Å². The Hall–Kier alpha value is -3.02. The Morgan fingerprint density at radius 1 is 1.09 bits per heavy atom. The highest BCUT2D eigenvalue weighted by Gasteiger charge is 2.22. The lowest BCUT2D eigenvalue weighted by Gasteiger charge is -2.11. The zero-order chi connectivity index (χ0) is 16.1. The highest BCUT2D eigenvalue weighted by Crippen LogP contribution is 2.13. The zero-order valence-electron chi connectivity index (χ0n) is 12.4. The highest BCUT2D eigenvalue weighted by molar-refractivity contribution is 6.02. The predicted molar refractivity (Wildman–Crippen MR) is 83.8 cm³/mol. The Morgan fingerprint density at radius 2 is 1.83 bits per heavy atom. The van der Waals surface area contributed by atoms with Crippen LogP contribution in [0.15, 0.2) is 60.0 Å². The van der Waals surface area contributed by atoms with Gasteiger partial charge in [-0.25, -0.2) is 9.80 Å². The largest absolute Gasteiger partial charge is 0.452 e. The van der Waals surface area contributed by atoms with Gasteiger partial charge in [0, 0.05) is 18.8 Å². The van der Waals surface area contributed by atoms with Crippen LogP contribution in [-0.2, 0) is 9.53 Å². The van der Waals surface area contributed by atoms with Crippen molar-refractivity contribution in [3.8, 4) is 0 Å². The van der Waals surface area contributed by atoms with Crippen molar-refractivity contribution in [2.75, 3.05) is 13.2 Å². The number of nitrogens with zero attached hydrogens (tertiary/aromatic N) is 3. The van der Waals surface area contributed by atoms with Crippen molar-refractivity contribution in [2.45, 2.75) is 6.42 Å². The Kier molecular flexibility index (Phi) is 4.42. The molecule has 0 atom stereocenters. The first-order valence-corrected chi connectivity index (χ1v) is 7.24. The van der Waals surface area contributed by atoms with E-state index in [1.54, 1.807) is 0 Å². The molecule has 1 aromatic carbocycles. The number of hydrogen-bond acceptors (Lipinski definition) is 5. The summed E-state index contributed by atoms with van der Waals surface area (Å²) in [6.07, 6.45) is 3.68. The van der Waals surface area contributed by atoms with Gasteiger partial charge in [-0.3, -0.25) is 9.78 Å². The molecule has 0 fully saturated rings. The molecule has 6 nitrogen and oxygen atoms in total. The van der Waals surface area contributed by atoms with E-state index in [9.17, 15) is 9.59 Å². The summed E-state index contributed by atoms with van der Waals surface area (Å²) >= 11 is 0. The Morgan fingerprint density at radius 3 is 2.57 bits per heavy atom. The van der Waals surface area contributed by atoms with E-state index in [0.29, 0.717) is 18.5 Å². The lowest BCUT2D eigenvalue weighted by atomic mass is 10.1. The number of carbonyl (C=O) groups is 2. The standard InChI is InChI=1S/C17H15N3O3/c21-16(12-23-17(22)14-6-9-18-10-7-14)20-11-8-15(19-20)13-4-2-1-3-5-13/h1-7,9-10H,8,11-12H2. The van der Waals surface area contributed by atoms with E-state index in [2.05, 4.69) is 10.1 Å². The van der Waals surface area contributed by atoms with E-state index >= 15 is 0 Å². The minimum Gasteiger partial charge on any atom is -0.452 e. The molecule has 0 bridgehead atoms. The van der Waals surface area contributed by atoms with Crippen molar-refractivity contribution < 1.29 is 14.3 Å². The van der Waals surface area contributed by atoms with Crippen LogP contribution in [0.1, 0.15) is 22.3 Å². The van der Waals surface area contributed by atoms with Crippen LogP contribution >= 0.6 is 0 Å². The van der Waals surface area contributed by atoms with Gasteiger partial charge in [0.15, 0.2) is 6.61 Å². The van der Waals surface area contributed by atoms with Gasteiger partial charge in [-0.1, -0.05) is 30.3 Å². The van der Waals surface area contributed by atoms with Crippen molar-refractivity contribution in [1.82, 2.24) is 9.99 Å². The molecule has 0 spiro atoms. The van der Waals surface area contributed by atoms with Crippen LogP contribution in [-0.4, -0.2) is 40.7 Å². The molecule has 1 aliphatic heterocycles. The molecule has 0 unspecified atom stereocenters. The maximum atomic E-state index is 12.1. The van der Waals surface area contributed by atoms with Crippen molar-refractivity contribution in [1.29, 1.82) is 0 Å². The van der Waals surface area contributed by atoms with Crippen LogP contribution in [0.25, 0.3) is 0 Å². The number of benzene rings is 1. The molecule has 0 aliphatic carbocycles. The topological polar surface area (TPSA) is 71.9 Å². The van der Waals surface area contributed by atoms with Gasteiger partial charge in [0.25, 0.3) is 5.91 Å². The van der Waals surface area contributed by atoms with Gasteiger partial charge >= 0.3 is 5.97 Å². The minimum absolute atomic E-state index is 0.327. The van der Waals surface area contributed by atoms with Crippen molar-refractivity contribution >= 4 is 17.6 Å². The fraction of sp³-hybridized carbons (Fsp3) is 0.176. The summed E-state index contributed by atoms with van der Waals surface area (Å²) in [4.78, 5) is 27.7. The quantitative estimate of drug-likeness (QED) is 0.808. The average Bonchev–Trinajstić information content (AvgIpc) is 3.11. The predicted octanol–water partition coefficient (Wildman–Crippen LogP) is 1.87. The summed E-state index contributed by atoms with van der Waals surface area (Å²) < 4.78 is 5.02. The number of esters is 1. The van der Waals surface area contributed by atoms with E-state index in [-0.39, 0.29) is 12.5 Å². The molecule has 23 heavy (non-hydrogen) atoms. The van der Waals surface area contributed by atoms with Gasteiger partial charge in [0.2, 0.25) is 0 Å². The van der Waals surface area contributed by atoms with Gasteiger partial charge in [0.1, 0.15) is 0 Å². The van der Waals surface area contributed by atoms with Gasteiger partial charge in [-0.15, -0.1) is 0 Å². The van der Waals surface area contributed by atoms with Crippen LogP contribution in [0.3, 0.4) is 0 Å². The van der Waals surface area contributed by atoms with Gasteiger partial charge in [0.05, 0.1) is 17.8 Å². The number of rotatable bonds is 4. The Balaban J connectivity index is 1.57. The maximum Gasteiger partial charge on any atom is 0.338 e. The van der Waals surface area contributed by atoms with E-state index in [1.807, 2.05) is 30.3 Å². The van der Waals surface area contributed by atoms with Gasteiger partial charge in [-0.05, 0) is 17.7 Å². The first-order valence-electron chi connectivity index (χ1n) is 7.24. The summed E-state index contributed by atoms with van der Waals surface area (Å²) in [5.41, 5.74) is 2.22. The van der Waals surface area contributed by atoms with Crippen LogP contribution in [0.2, 0.25) is 0 Å². The second-order valence-electron chi connectivity index (χ2n) is 4.99. The monoisotopic (exact) mass is 309 g/mol. The fourth-order valence-electron chi connectivity index (χ4n) is 2.24. The number of carbonyl (C=O) groups excluding carboxylic acids is 2. The number of pyridine rings is 1. The third kappa shape index (κ3) is 3.60. The van der Waals surface area contributed by atoms with Crippen molar-refractivity contribution in [3.63, 3.8) is 0 Å². The summed E-state index contributed by atoms with van der Waals surface area (Å²) in [7, 11) is 0. The molecule has 2 aromatic rings.